The number of nitro benzene ring substituents is 2. The summed E-state index contributed by atoms with van der Waals surface area (Å²) in [6, 6.07) is 6.35. The van der Waals surface area contributed by atoms with Crippen LogP contribution in [0.25, 0.3) is 0 Å². The molecule has 0 saturated carbocycles. The molecule has 0 aromatic heterocycles. The van der Waals surface area contributed by atoms with Gasteiger partial charge in [0, 0.05) is 21.9 Å². The second-order valence-electron chi connectivity index (χ2n) is 5.78. The van der Waals surface area contributed by atoms with E-state index in [9.17, 15) is 34.6 Å². The standard InChI is InChI=1S/C14H8N2O8S2.C3H7NO2/c17-13(18)9-5-7(1-3-11(9)15(21)22)25-26-8-2-4-12(16(23)24)10(6-8)14(19)20;1-2(4)3(5)6/h1-6H,(H,17,18)(H,19,20);2H,4H2,1H3,(H,5,6). The summed E-state index contributed by atoms with van der Waals surface area (Å²) in [5, 5.41) is 47.6. The van der Waals surface area contributed by atoms with Gasteiger partial charge in [0.2, 0.25) is 0 Å². The highest BCUT2D eigenvalue weighted by molar-refractivity contribution is 8.76. The van der Waals surface area contributed by atoms with Crippen molar-refractivity contribution >= 4 is 50.9 Å². The lowest BCUT2D eigenvalue weighted by Gasteiger charge is -2.05. The molecule has 0 amide bonds. The lowest BCUT2D eigenvalue weighted by atomic mass is 10.2. The molecule has 0 aliphatic carbocycles. The van der Waals surface area contributed by atoms with Gasteiger partial charge in [0.1, 0.15) is 17.2 Å². The second kappa shape index (κ2) is 11.6. The summed E-state index contributed by atoms with van der Waals surface area (Å²) in [5.74, 6) is -3.87. The zero-order chi connectivity index (χ0) is 24.6. The summed E-state index contributed by atoms with van der Waals surface area (Å²) in [4.78, 5) is 52.6. The van der Waals surface area contributed by atoms with Gasteiger partial charge in [-0.05, 0) is 31.2 Å². The third kappa shape index (κ3) is 7.53. The van der Waals surface area contributed by atoms with Crippen molar-refractivity contribution in [2.75, 3.05) is 0 Å². The van der Waals surface area contributed by atoms with Crippen LogP contribution in [-0.2, 0) is 4.79 Å². The number of carboxylic acid groups (broad SMARTS) is 3. The first-order chi connectivity index (χ1) is 14.8. The highest BCUT2D eigenvalue weighted by Crippen LogP contribution is 2.40. The maximum absolute atomic E-state index is 11.1. The number of rotatable bonds is 8. The largest absolute Gasteiger partial charge is 0.480 e. The Kier molecular flexibility index (Phi) is 9.58. The van der Waals surface area contributed by atoms with Gasteiger partial charge in [-0.3, -0.25) is 25.0 Å². The lowest BCUT2D eigenvalue weighted by Crippen LogP contribution is -2.25. The molecule has 170 valence electrons. The Hall–Kier alpha value is -3.69. The van der Waals surface area contributed by atoms with Crippen molar-refractivity contribution in [1.29, 1.82) is 0 Å². The van der Waals surface area contributed by atoms with Gasteiger partial charge in [-0.15, -0.1) is 0 Å². The van der Waals surface area contributed by atoms with Gasteiger partial charge in [0.25, 0.3) is 11.4 Å². The molecule has 15 heteroatoms. The zero-order valence-corrected chi connectivity index (χ0v) is 17.7. The Morgan fingerprint density at radius 2 is 1.16 bits per heavy atom. The van der Waals surface area contributed by atoms with E-state index in [1.165, 1.54) is 19.1 Å². The molecule has 0 bridgehead atoms. The van der Waals surface area contributed by atoms with Crippen LogP contribution in [0.4, 0.5) is 11.4 Å². The first-order valence-corrected chi connectivity index (χ1v) is 10.4. The van der Waals surface area contributed by atoms with Crippen molar-refractivity contribution in [3.63, 3.8) is 0 Å². The van der Waals surface area contributed by atoms with Gasteiger partial charge in [-0.25, -0.2) is 9.59 Å². The predicted molar refractivity (Wildman–Crippen MR) is 113 cm³/mol. The van der Waals surface area contributed by atoms with E-state index in [-0.39, 0.29) is 0 Å². The van der Waals surface area contributed by atoms with Crippen molar-refractivity contribution in [3.05, 3.63) is 67.8 Å². The highest BCUT2D eigenvalue weighted by Gasteiger charge is 2.22. The van der Waals surface area contributed by atoms with Crippen LogP contribution in [0.5, 0.6) is 0 Å². The molecule has 0 heterocycles. The van der Waals surface area contributed by atoms with Crippen LogP contribution in [0.15, 0.2) is 46.2 Å². The maximum atomic E-state index is 11.1. The summed E-state index contributed by atoms with van der Waals surface area (Å²) >= 11 is 0. The third-order valence-electron chi connectivity index (χ3n) is 3.41. The number of carbonyl (C=O) groups is 3. The van der Waals surface area contributed by atoms with Gasteiger partial charge >= 0.3 is 17.9 Å². The first-order valence-electron chi connectivity index (χ1n) is 8.21. The Balaban J connectivity index is 0.000000751. The normalized spacial score (nSPS) is 10.9. The highest BCUT2D eigenvalue weighted by atomic mass is 33.1. The number of aliphatic carboxylic acids is 1. The molecule has 0 aliphatic rings. The smallest absolute Gasteiger partial charge is 0.342 e. The second-order valence-corrected chi connectivity index (χ2v) is 8.05. The average molecular weight is 485 g/mol. The molecular weight excluding hydrogens is 470 g/mol. The third-order valence-corrected chi connectivity index (χ3v) is 5.79. The molecule has 5 N–H and O–H groups in total. The van der Waals surface area contributed by atoms with Crippen molar-refractivity contribution in [2.45, 2.75) is 22.8 Å². The fourth-order valence-electron chi connectivity index (χ4n) is 1.89. The molecule has 0 saturated heterocycles. The summed E-state index contributed by atoms with van der Waals surface area (Å²) in [7, 11) is 2.06. The Morgan fingerprint density at radius 3 is 1.38 bits per heavy atom. The topological polar surface area (TPSA) is 224 Å². The van der Waals surface area contributed by atoms with Gasteiger partial charge in [0.15, 0.2) is 0 Å². The number of hydrogen-bond acceptors (Lipinski definition) is 10. The fraction of sp³-hybridized carbons (Fsp3) is 0.118. The van der Waals surface area contributed by atoms with E-state index in [2.05, 4.69) is 0 Å². The molecule has 2 aromatic carbocycles. The lowest BCUT2D eigenvalue weighted by molar-refractivity contribution is -0.385. The van der Waals surface area contributed by atoms with Crippen molar-refractivity contribution in [2.24, 2.45) is 5.73 Å². The fourth-order valence-corrected chi connectivity index (χ4v) is 3.86. The molecule has 0 aliphatic heterocycles. The Bertz CT molecular complexity index is 999. The number of benzene rings is 2. The molecule has 0 radical (unpaired) electrons. The van der Waals surface area contributed by atoms with Gasteiger partial charge in [-0.2, -0.15) is 0 Å². The van der Waals surface area contributed by atoms with E-state index in [0.717, 1.165) is 45.9 Å². The summed E-state index contributed by atoms with van der Waals surface area (Å²) in [6.07, 6.45) is 0. The Labute approximate surface area is 186 Å². The molecule has 2 rings (SSSR count). The van der Waals surface area contributed by atoms with E-state index in [0.29, 0.717) is 9.79 Å². The SMILES string of the molecule is CC(N)C(=O)O.O=C(O)c1cc(SSc2ccc([N+](=O)[O-])c(C(=O)O)c2)ccc1[N+](=O)[O-]. The number of carboxylic acids is 3. The van der Waals surface area contributed by atoms with E-state index in [1.54, 1.807) is 0 Å². The number of hydrogen-bond donors (Lipinski definition) is 4. The van der Waals surface area contributed by atoms with Crippen molar-refractivity contribution < 1.29 is 39.5 Å². The maximum Gasteiger partial charge on any atom is 0.342 e. The summed E-state index contributed by atoms with van der Waals surface area (Å²) in [5.41, 5.74) is 2.79. The Morgan fingerprint density at radius 1 is 0.844 bits per heavy atom. The molecule has 13 nitrogen and oxygen atoms in total. The van der Waals surface area contributed by atoms with Crippen molar-refractivity contribution in [3.8, 4) is 0 Å². The van der Waals surface area contributed by atoms with E-state index >= 15 is 0 Å². The van der Waals surface area contributed by atoms with E-state index < -0.39 is 56.3 Å². The van der Waals surface area contributed by atoms with Crippen LogP contribution < -0.4 is 5.73 Å². The van der Waals surface area contributed by atoms with Gasteiger partial charge in [-0.1, -0.05) is 21.6 Å². The van der Waals surface area contributed by atoms with Gasteiger partial charge < -0.3 is 21.1 Å². The summed E-state index contributed by atoms with van der Waals surface area (Å²) in [6.45, 7) is 1.42. The number of aromatic carboxylic acids is 2. The molecule has 1 unspecified atom stereocenters. The summed E-state index contributed by atoms with van der Waals surface area (Å²) < 4.78 is 0. The number of nitrogens with two attached hydrogens (primary N) is 1. The van der Waals surface area contributed by atoms with Crippen molar-refractivity contribution in [1.82, 2.24) is 0 Å². The molecular formula is C17H15N3O10S2. The quantitative estimate of drug-likeness (QED) is 0.240. The van der Waals surface area contributed by atoms with Gasteiger partial charge in [0.05, 0.1) is 9.85 Å². The monoisotopic (exact) mass is 485 g/mol. The molecule has 0 spiro atoms. The van der Waals surface area contributed by atoms with Crippen LogP contribution in [0.3, 0.4) is 0 Å². The minimum atomic E-state index is -1.45. The van der Waals surface area contributed by atoms with E-state index in [1.807, 2.05) is 0 Å². The minimum absolute atomic E-state index is 0.383. The van der Waals surface area contributed by atoms with Crippen LogP contribution in [0.2, 0.25) is 0 Å². The van der Waals surface area contributed by atoms with E-state index in [4.69, 9.17) is 21.1 Å². The van der Waals surface area contributed by atoms with Crippen LogP contribution in [0.1, 0.15) is 27.6 Å². The zero-order valence-electron chi connectivity index (χ0n) is 16.0. The predicted octanol–water partition coefficient (Wildman–Crippen LogP) is 3.12. The van der Waals surface area contributed by atoms with Crippen LogP contribution in [-0.4, -0.2) is 49.1 Å². The van der Waals surface area contributed by atoms with Crippen LogP contribution >= 0.6 is 21.6 Å². The number of nitro groups is 2. The molecule has 2 aromatic rings. The molecule has 0 fully saturated rings. The number of nitrogens with zero attached hydrogens (tertiary/aromatic N) is 2. The minimum Gasteiger partial charge on any atom is -0.480 e. The average Bonchev–Trinajstić information content (AvgIpc) is 2.71. The molecule has 32 heavy (non-hydrogen) atoms. The molecule has 1 atom stereocenters. The van der Waals surface area contributed by atoms with Crippen LogP contribution in [0, 0.1) is 20.2 Å². The first kappa shape index (κ1) is 26.3.